The third kappa shape index (κ3) is 6.19. The Morgan fingerprint density at radius 1 is 1.02 bits per heavy atom. The van der Waals surface area contributed by atoms with Gasteiger partial charge in [0.1, 0.15) is 28.6 Å². The van der Waals surface area contributed by atoms with Crippen LogP contribution >= 0.6 is 0 Å². The number of nitrogens with one attached hydrogen (secondary N) is 3. The summed E-state index contributed by atoms with van der Waals surface area (Å²) in [5, 5.41) is 9.16. The Bertz CT molecular complexity index is 1970. The maximum Gasteiger partial charge on any atom is 0.283 e. The van der Waals surface area contributed by atoms with Gasteiger partial charge in [-0.1, -0.05) is 12.6 Å². The number of piperazine rings is 1. The average Bonchev–Trinajstić information content (AvgIpc) is 3.04. The largest absolute Gasteiger partial charge is 0.494 e. The highest BCUT2D eigenvalue weighted by Crippen LogP contribution is 2.32. The second-order valence-corrected chi connectivity index (χ2v) is 10.2. The molecule has 1 aliphatic rings. The normalized spacial score (nSPS) is 13.0. The van der Waals surface area contributed by atoms with E-state index >= 15 is 0 Å². The van der Waals surface area contributed by atoms with Crippen LogP contribution < -0.4 is 31.1 Å². The van der Waals surface area contributed by atoms with Gasteiger partial charge < -0.3 is 25.6 Å². The Balaban J connectivity index is 1.47. The topological polar surface area (TPSA) is 126 Å². The van der Waals surface area contributed by atoms with Crippen LogP contribution in [-0.2, 0) is 4.79 Å². The lowest BCUT2D eigenvalue weighted by Gasteiger charge is -2.30. The molecule has 3 aromatic carbocycles. The van der Waals surface area contributed by atoms with Crippen molar-refractivity contribution in [2.24, 2.45) is 0 Å². The van der Waals surface area contributed by atoms with Crippen molar-refractivity contribution in [3.63, 3.8) is 0 Å². The minimum atomic E-state index is -0.861. The number of hydrogen-bond acceptors (Lipinski definition) is 9. The fourth-order valence-corrected chi connectivity index (χ4v) is 5.10. The lowest BCUT2D eigenvalue weighted by Crippen LogP contribution is -2.43. The number of rotatable bonds is 8. The van der Waals surface area contributed by atoms with Crippen LogP contribution in [0.3, 0.4) is 0 Å². The number of ether oxygens (including phenoxy) is 1. The van der Waals surface area contributed by atoms with Crippen LogP contribution in [-0.4, -0.2) is 58.7 Å². The van der Waals surface area contributed by atoms with Crippen molar-refractivity contribution >= 4 is 40.1 Å². The summed E-state index contributed by atoms with van der Waals surface area (Å²) in [6.45, 7) is 6.99. The zero-order chi connectivity index (χ0) is 31.5. The van der Waals surface area contributed by atoms with E-state index in [0.717, 1.165) is 50.1 Å². The molecule has 228 valence electrons. The van der Waals surface area contributed by atoms with Crippen LogP contribution in [0.2, 0.25) is 0 Å². The predicted octanol–water partition coefficient (Wildman–Crippen LogP) is 4.41. The molecule has 0 bridgehead atoms. The third-order valence-corrected chi connectivity index (χ3v) is 7.21. The van der Waals surface area contributed by atoms with Crippen LogP contribution in [0.4, 0.5) is 31.8 Å². The van der Waals surface area contributed by atoms with Gasteiger partial charge in [-0.25, -0.2) is 18.7 Å². The first-order chi connectivity index (χ1) is 21.8. The molecule has 0 spiro atoms. The van der Waals surface area contributed by atoms with E-state index in [0.29, 0.717) is 28.9 Å². The quantitative estimate of drug-likeness (QED) is 0.219. The Hall–Kier alpha value is -5.69. The summed E-state index contributed by atoms with van der Waals surface area (Å²) in [6, 6.07) is 15.0. The molecule has 0 radical (unpaired) electrons. The maximum absolute atomic E-state index is 14.2. The molecule has 1 amide bonds. The van der Waals surface area contributed by atoms with Crippen molar-refractivity contribution in [3.8, 4) is 22.7 Å². The number of fused-ring (bicyclic) bond motifs is 1. The lowest BCUT2D eigenvalue weighted by molar-refractivity contribution is -0.111. The van der Waals surface area contributed by atoms with Gasteiger partial charge in [-0.15, -0.1) is 0 Å². The Labute approximate surface area is 256 Å². The minimum Gasteiger partial charge on any atom is -0.494 e. The van der Waals surface area contributed by atoms with Gasteiger partial charge in [0.05, 0.1) is 24.7 Å². The van der Waals surface area contributed by atoms with E-state index in [1.807, 2.05) is 18.2 Å². The summed E-state index contributed by atoms with van der Waals surface area (Å²) in [4.78, 5) is 41.7. The highest BCUT2D eigenvalue weighted by Gasteiger charge is 2.19. The van der Waals surface area contributed by atoms with Gasteiger partial charge >= 0.3 is 0 Å². The number of aromatic nitrogens is 4. The van der Waals surface area contributed by atoms with Gasteiger partial charge in [0.25, 0.3) is 5.56 Å². The van der Waals surface area contributed by atoms with E-state index in [-0.39, 0.29) is 28.4 Å². The van der Waals surface area contributed by atoms with Crippen LogP contribution in [0, 0.1) is 11.6 Å². The molecule has 0 atom stereocenters. The molecule has 1 aliphatic heterocycles. The number of amides is 1. The Kier molecular flexibility index (Phi) is 8.16. The number of carbonyl (C=O) groups excluding carboxylic acids is 1. The predicted molar refractivity (Wildman–Crippen MR) is 168 cm³/mol. The van der Waals surface area contributed by atoms with Crippen LogP contribution in [0.1, 0.15) is 0 Å². The summed E-state index contributed by atoms with van der Waals surface area (Å²) in [6.07, 6.45) is 2.53. The van der Waals surface area contributed by atoms with Crippen molar-refractivity contribution < 1.29 is 18.3 Å². The van der Waals surface area contributed by atoms with Crippen LogP contribution in [0.25, 0.3) is 28.1 Å². The van der Waals surface area contributed by atoms with E-state index in [2.05, 4.69) is 42.4 Å². The van der Waals surface area contributed by atoms with E-state index in [1.54, 1.807) is 31.4 Å². The molecule has 0 unspecified atom stereocenters. The molecular weight excluding hydrogens is 582 g/mol. The molecule has 11 nitrogen and oxygen atoms in total. The van der Waals surface area contributed by atoms with Crippen molar-refractivity contribution in [1.82, 2.24) is 24.8 Å². The number of methoxy groups -OCH3 is 1. The Morgan fingerprint density at radius 2 is 1.80 bits per heavy atom. The van der Waals surface area contributed by atoms with Crippen molar-refractivity contribution in [1.29, 1.82) is 0 Å². The van der Waals surface area contributed by atoms with E-state index in [4.69, 9.17) is 4.74 Å². The van der Waals surface area contributed by atoms with Crippen LogP contribution in [0.15, 0.2) is 84.3 Å². The van der Waals surface area contributed by atoms with E-state index in [9.17, 15) is 18.4 Å². The highest BCUT2D eigenvalue weighted by atomic mass is 19.1. The molecule has 6 rings (SSSR count). The number of halogens is 2. The molecule has 1 saturated heterocycles. The average molecular weight is 611 g/mol. The molecule has 0 saturated carbocycles. The lowest BCUT2D eigenvalue weighted by atomic mass is 10.1. The zero-order valence-electron chi connectivity index (χ0n) is 24.2. The van der Waals surface area contributed by atoms with Crippen molar-refractivity contribution in [2.75, 3.05) is 48.8 Å². The number of nitrogens with zero attached hydrogens (tertiary/aromatic N) is 5. The van der Waals surface area contributed by atoms with Gasteiger partial charge in [0.2, 0.25) is 11.9 Å². The van der Waals surface area contributed by atoms with Crippen molar-refractivity contribution in [2.45, 2.75) is 0 Å². The summed E-state index contributed by atoms with van der Waals surface area (Å²) >= 11 is 0. The third-order valence-electron chi connectivity index (χ3n) is 7.21. The fourth-order valence-electron chi connectivity index (χ4n) is 5.10. The highest BCUT2D eigenvalue weighted by molar-refractivity contribution is 5.99. The summed E-state index contributed by atoms with van der Waals surface area (Å²) < 4.78 is 35.2. The first-order valence-electron chi connectivity index (χ1n) is 14.0. The zero-order valence-corrected chi connectivity index (χ0v) is 24.2. The molecule has 5 aromatic rings. The van der Waals surface area contributed by atoms with E-state index in [1.165, 1.54) is 10.8 Å². The molecule has 13 heteroatoms. The molecule has 45 heavy (non-hydrogen) atoms. The fraction of sp³-hybridized carbons (Fsp3) is 0.156. The number of carbonyl (C=O) groups is 1. The van der Waals surface area contributed by atoms with Gasteiger partial charge in [-0.2, -0.15) is 4.98 Å². The summed E-state index contributed by atoms with van der Waals surface area (Å²) in [7, 11) is 1.57. The van der Waals surface area contributed by atoms with Crippen molar-refractivity contribution in [3.05, 3.63) is 102 Å². The molecule has 1 fully saturated rings. The van der Waals surface area contributed by atoms with E-state index < -0.39 is 23.1 Å². The number of anilines is 4. The number of benzene rings is 3. The smallest absolute Gasteiger partial charge is 0.283 e. The molecule has 3 N–H and O–H groups in total. The van der Waals surface area contributed by atoms with Gasteiger partial charge in [0, 0.05) is 55.2 Å². The minimum absolute atomic E-state index is 0.0548. The summed E-state index contributed by atoms with van der Waals surface area (Å²) in [5.74, 6) is -1.45. The monoisotopic (exact) mass is 610 g/mol. The van der Waals surface area contributed by atoms with Gasteiger partial charge in [0.15, 0.2) is 5.65 Å². The molecular formula is C32H28F2N8O3. The van der Waals surface area contributed by atoms with Gasteiger partial charge in [-0.05, 0) is 48.5 Å². The SMILES string of the molecule is C=CC(=O)Nc1cccc(-n2c(=O)c(-c3cc(F)cc(F)c3)nc3cnc(Nc4ccc(N5CCNCC5)cc4OC)nc32)c1. The van der Waals surface area contributed by atoms with Gasteiger partial charge in [-0.3, -0.25) is 14.2 Å². The Morgan fingerprint density at radius 3 is 2.53 bits per heavy atom. The number of hydrogen-bond donors (Lipinski definition) is 3. The first-order valence-corrected chi connectivity index (χ1v) is 14.0. The molecule has 2 aromatic heterocycles. The molecule has 0 aliphatic carbocycles. The standard InChI is InChI=1S/C32H28F2N8O3/c1-3-28(43)37-22-5-4-6-24(16-22)42-30-26(38-29(31(42)44)19-13-20(33)15-21(34)14-19)18-36-32(40-30)39-25-8-7-23(17-27(25)45-2)41-11-9-35-10-12-41/h3-8,13-18,35H,1,9-12H2,2H3,(H,37,43)(H,36,39,40). The van der Waals surface area contributed by atoms with Crippen LogP contribution in [0.5, 0.6) is 5.75 Å². The maximum atomic E-state index is 14.2. The summed E-state index contributed by atoms with van der Waals surface area (Å²) in [5.41, 5.74) is 1.64. The first kappa shape index (κ1) is 29.4. The second kappa shape index (κ2) is 12.5. The second-order valence-electron chi connectivity index (χ2n) is 10.2. The molecule has 3 heterocycles.